The number of carbonyl (C=O) groups is 2. The molecule has 11 heteroatoms. The van der Waals surface area contributed by atoms with E-state index < -0.39 is 64.8 Å². The molecule has 0 amide bonds. The molecule has 5 rings (SSSR count). The summed E-state index contributed by atoms with van der Waals surface area (Å²) in [6.45, 7) is 26.6. The van der Waals surface area contributed by atoms with Crippen molar-refractivity contribution in [1.29, 1.82) is 0 Å². The smallest absolute Gasteiger partial charge is 0.309 e. The van der Waals surface area contributed by atoms with Gasteiger partial charge in [0.1, 0.15) is 5.78 Å². The minimum absolute atomic E-state index is 0.0280. The third-order valence-electron chi connectivity index (χ3n) is 16.4. The van der Waals surface area contributed by atoms with Gasteiger partial charge in [-0.1, -0.05) is 88.2 Å². The first kappa shape index (κ1) is 50.6. The summed E-state index contributed by atoms with van der Waals surface area (Å²) < 4.78 is 35.4. The fraction of sp³-hybridized carbons (Fsp3) is 0.920. The van der Waals surface area contributed by atoms with Gasteiger partial charge in [-0.15, -0.1) is 0 Å². The van der Waals surface area contributed by atoms with Crippen LogP contribution in [0.15, 0.2) is 12.2 Å². The Bertz CT molecular complexity index is 1470. The van der Waals surface area contributed by atoms with E-state index in [9.17, 15) is 24.9 Å². The monoisotopic (exact) mass is 862 g/mol. The van der Waals surface area contributed by atoms with Gasteiger partial charge in [0.05, 0.1) is 59.8 Å². The molecule has 5 aliphatic rings. The van der Waals surface area contributed by atoms with E-state index in [1.807, 2.05) is 41.5 Å². The molecule has 4 fully saturated rings. The molecule has 4 saturated heterocycles. The van der Waals surface area contributed by atoms with E-state index >= 15 is 0 Å². The average Bonchev–Trinajstić information content (AvgIpc) is 3.57. The molecule has 5 aliphatic heterocycles. The van der Waals surface area contributed by atoms with Crippen molar-refractivity contribution < 1.29 is 48.6 Å². The summed E-state index contributed by atoms with van der Waals surface area (Å²) in [6.07, 6.45) is 12.7. The number of aliphatic carboxylic acids is 1. The van der Waals surface area contributed by atoms with Crippen LogP contribution in [0.4, 0.5) is 0 Å². The number of ketones is 1. The van der Waals surface area contributed by atoms with Crippen LogP contribution in [0.2, 0.25) is 0 Å². The number of carboxylic acids is 1. The molecule has 3 N–H and O–H groups in total. The number of carbonyl (C=O) groups excluding carboxylic acids is 1. The second-order valence-corrected chi connectivity index (χ2v) is 20.7. The Labute approximate surface area is 369 Å². The quantitative estimate of drug-likeness (QED) is 0.107. The molecule has 0 aromatic rings. The van der Waals surface area contributed by atoms with Gasteiger partial charge in [-0.25, -0.2) is 0 Å². The third kappa shape index (κ3) is 10.3. The van der Waals surface area contributed by atoms with Crippen LogP contribution in [-0.2, 0) is 33.3 Å². The molecule has 18 atom stereocenters. The van der Waals surface area contributed by atoms with Crippen LogP contribution >= 0.6 is 0 Å². The van der Waals surface area contributed by atoms with Gasteiger partial charge in [0, 0.05) is 30.1 Å². The summed E-state index contributed by atoms with van der Waals surface area (Å²) in [7, 11) is 0. The van der Waals surface area contributed by atoms with Crippen LogP contribution in [-0.4, -0.2) is 111 Å². The minimum Gasteiger partial charge on any atom is -0.481 e. The molecule has 0 unspecified atom stereocenters. The Morgan fingerprint density at radius 2 is 1.49 bits per heavy atom. The van der Waals surface area contributed by atoms with Gasteiger partial charge in [-0.05, 0) is 115 Å². The summed E-state index contributed by atoms with van der Waals surface area (Å²) in [4.78, 5) is 29.3. The lowest BCUT2D eigenvalue weighted by Crippen LogP contribution is -2.66. The minimum atomic E-state index is -1.13. The molecule has 0 aliphatic carbocycles. The lowest BCUT2D eigenvalue weighted by Gasteiger charge is -2.56. The second-order valence-electron chi connectivity index (χ2n) is 20.7. The highest BCUT2D eigenvalue weighted by atomic mass is 16.8. The van der Waals surface area contributed by atoms with Crippen molar-refractivity contribution in [2.45, 2.75) is 238 Å². The molecule has 11 nitrogen and oxygen atoms in total. The van der Waals surface area contributed by atoms with Crippen molar-refractivity contribution in [3.63, 3.8) is 0 Å². The second kappa shape index (κ2) is 20.8. The van der Waals surface area contributed by atoms with Gasteiger partial charge in [0.15, 0.2) is 11.6 Å². The molecule has 0 aromatic carbocycles. The number of carboxylic acid groups (broad SMARTS) is 1. The number of aliphatic hydroxyl groups excluding tert-OH is 1. The molecule has 0 bridgehead atoms. The summed E-state index contributed by atoms with van der Waals surface area (Å²) in [5.41, 5.74) is -1.49. The van der Waals surface area contributed by atoms with E-state index in [4.69, 9.17) is 23.7 Å². The van der Waals surface area contributed by atoms with Gasteiger partial charge in [0.25, 0.3) is 0 Å². The van der Waals surface area contributed by atoms with Gasteiger partial charge < -0.3 is 39.0 Å². The molecule has 61 heavy (non-hydrogen) atoms. The van der Waals surface area contributed by atoms with Crippen LogP contribution in [0.5, 0.6) is 0 Å². The van der Waals surface area contributed by atoms with Crippen LogP contribution in [0.25, 0.3) is 0 Å². The molecule has 0 aromatic heterocycles. The van der Waals surface area contributed by atoms with Crippen molar-refractivity contribution in [1.82, 2.24) is 4.90 Å². The fourth-order valence-corrected chi connectivity index (χ4v) is 12.0. The van der Waals surface area contributed by atoms with Crippen molar-refractivity contribution in [3.8, 4) is 0 Å². The molecular formula is C50H87NO10. The normalized spacial score (nSPS) is 41.8. The number of aliphatic hydroxyl groups is 2. The molecular weight excluding hydrogens is 775 g/mol. The maximum atomic E-state index is 14.8. The van der Waals surface area contributed by atoms with Crippen molar-refractivity contribution in [2.75, 3.05) is 13.1 Å². The van der Waals surface area contributed by atoms with E-state index in [1.54, 1.807) is 0 Å². The molecule has 0 saturated carbocycles. The molecule has 2 spiro atoms. The SMILES string of the molecule is CCCCN(CCCC)[C@H]1C=C[C@]2(O[C@H]([C@@H](CC)C(=O)[C@@H](C)[C@@H](O)[C@H](C)[C@@H]3O[C@@H]([C@@H](CC)C(=O)O)CC[C@@H]3C)[C@@H](C)C[C@H]2C)O[C@@]12CC[C@@](C)([C@H]1CC[C@](O)(CC)[C@H](C)O1)O2. The lowest BCUT2D eigenvalue weighted by molar-refractivity contribution is -0.404. The number of nitrogens with zero attached hydrogens (tertiary/aromatic N) is 1. The summed E-state index contributed by atoms with van der Waals surface area (Å²) in [6, 6.07) is -0.146. The van der Waals surface area contributed by atoms with E-state index in [2.05, 4.69) is 58.6 Å². The predicted octanol–water partition coefficient (Wildman–Crippen LogP) is 9.10. The first-order valence-electron chi connectivity index (χ1n) is 24.8. The zero-order valence-electron chi connectivity index (χ0n) is 40.2. The number of rotatable bonds is 19. The molecule has 5 heterocycles. The number of Topliss-reactive ketones (excluding diaryl/α,β-unsaturated/α-hetero) is 1. The number of hydrogen-bond donors (Lipinski definition) is 3. The van der Waals surface area contributed by atoms with Crippen molar-refractivity contribution >= 4 is 11.8 Å². The van der Waals surface area contributed by atoms with Crippen LogP contribution in [0.1, 0.15) is 173 Å². The van der Waals surface area contributed by atoms with Crippen molar-refractivity contribution in [2.24, 2.45) is 41.4 Å². The van der Waals surface area contributed by atoms with E-state index in [0.717, 1.165) is 58.0 Å². The van der Waals surface area contributed by atoms with Crippen molar-refractivity contribution in [3.05, 3.63) is 12.2 Å². The third-order valence-corrected chi connectivity index (χ3v) is 16.4. The van der Waals surface area contributed by atoms with Crippen LogP contribution in [0, 0.1) is 41.4 Å². The standard InChI is InChI=1S/C50H87NO10/c1-13-18-28-51(29-19-14-2)40-22-25-49(61-50(40)27-26-47(12,60-50)41-23-24-48(56,17-5)36(11)57-41)33(8)30-32(7)45(59-49)38(16-4)43(53)34(9)42(52)35(10)44-31(6)20-21-39(58-44)37(15-3)46(54)55/h22,25,31-42,44-45,52,56H,13-21,23-24,26-30H2,1-12H3,(H,54,55)/t31-,32-,33+,34-,35-,36-,37+,38-,39+,40-,41+,42+,44+,45-,47-,48+,49-,50-/m0/s1. The highest BCUT2D eigenvalue weighted by Gasteiger charge is 2.64. The summed E-state index contributed by atoms with van der Waals surface area (Å²) in [5.74, 6) is -5.02. The van der Waals surface area contributed by atoms with Crippen LogP contribution < -0.4 is 0 Å². The first-order valence-corrected chi connectivity index (χ1v) is 24.8. The molecule has 0 radical (unpaired) electrons. The summed E-state index contributed by atoms with van der Waals surface area (Å²) >= 11 is 0. The Kier molecular flexibility index (Phi) is 17.2. The molecule has 352 valence electrons. The predicted molar refractivity (Wildman–Crippen MR) is 238 cm³/mol. The Morgan fingerprint density at radius 3 is 2.07 bits per heavy atom. The van der Waals surface area contributed by atoms with Gasteiger partial charge in [-0.2, -0.15) is 0 Å². The van der Waals surface area contributed by atoms with E-state index in [-0.39, 0.29) is 53.8 Å². The maximum Gasteiger partial charge on any atom is 0.309 e. The van der Waals surface area contributed by atoms with Gasteiger partial charge in [-0.3, -0.25) is 14.5 Å². The largest absolute Gasteiger partial charge is 0.481 e. The van der Waals surface area contributed by atoms with Crippen LogP contribution in [0.3, 0.4) is 0 Å². The maximum absolute atomic E-state index is 14.8. The van der Waals surface area contributed by atoms with E-state index in [0.29, 0.717) is 44.9 Å². The van der Waals surface area contributed by atoms with Gasteiger partial charge >= 0.3 is 5.97 Å². The fourth-order valence-electron chi connectivity index (χ4n) is 12.0. The number of unbranched alkanes of at least 4 members (excludes halogenated alkanes) is 2. The van der Waals surface area contributed by atoms with E-state index in [1.165, 1.54) is 0 Å². The summed E-state index contributed by atoms with van der Waals surface area (Å²) in [5, 5.41) is 33.1. The topological polar surface area (TPSA) is 144 Å². The highest BCUT2D eigenvalue weighted by Crippen LogP contribution is 2.55. The Balaban J connectivity index is 1.42. The Morgan fingerprint density at radius 1 is 0.836 bits per heavy atom. The zero-order valence-corrected chi connectivity index (χ0v) is 40.2. The number of ether oxygens (including phenoxy) is 5. The highest BCUT2D eigenvalue weighted by molar-refractivity contribution is 5.84. The first-order chi connectivity index (χ1) is 28.8. The number of hydrogen-bond acceptors (Lipinski definition) is 10. The average molecular weight is 862 g/mol. The zero-order chi connectivity index (χ0) is 45.1. The van der Waals surface area contributed by atoms with Gasteiger partial charge in [0.2, 0.25) is 0 Å². The Hall–Kier alpha value is -1.44. The lowest BCUT2D eigenvalue weighted by atomic mass is 9.72.